The van der Waals surface area contributed by atoms with Crippen LogP contribution in [0.15, 0.2) is 0 Å². The minimum absolute atomic E-state index is 0.110. The van der Waals surface area contributed by atoms with E-state index in [1.165, 1.54) is 7.11 Å². The van der Waals surface area contributed by atoms with E-state index in [4.69, 9.17) is 4.74 Å². The molecule has 0 radical (unpaired) electrons. The van der Waals surface area contributed by atoms with E-state index in [2.05, 4.69) is 0 Å². The van der Waals surface area contributed by atoms with Crippen LogP contribution in [-0.2, 0) is 14.3 Å². The van der Waals surface area contributed by atoms with Gasteiger partial charge in [-0.05, 0) is 20.8 Å². The molecule has 0 aromatic rings. The van der Waals surface area contributed by atoms with Crippen molar-refractivity contribution in [2.75, 3.05) is 7.11 Å². The number of hydrogen-bond acceptors (Lipinski definition) is 5. The monoisotopic (exact) mass is 259 g/mol. The van der Waals surface area contributed by atoms with Crippen LogP contribution in [0.5, 0.6) is 0 Å². The summed E-state index contributed by atoms with van der Waals surface area (Å²) in [6.07, 6.45) is -0.677. The van der Waals surface area contributed by atoms with Crippen molar-refractivity contribution in [3.63, 3.8) is 0 Å². The molecule has 5 nitrogen and oxygen atoms in total. The number of methoxy groups -OCH3 is 1. The van der Waals surface area contributed by atoms with E-state index >= 15 is 0 Å². The van der Waals surface area contributed by atoms with Gasteiger partial charge in [0.25, 0.3) is 0 Å². The summed E-state index contributed by atoms with van der Waals surface area (Å²) in [5.74, 6) is -0.935. The number of carbonyl (C=O) groups is 2. The minimum Gasteiger partial charge on any atom is -0.467 e. The maximum absolute atomic E-state index is 11.9. The van der Waals surface area contributed by atoms with Gasteiger partial charge in [0.2, 0.25) is 5.91 Å². The van der Waals surface area contributed by atoms with Crippen LogP contribution in [0, 0.1) is 5.92 Å². The number of thioether (sulfide) groups is 1. The summed E-state index contributed by atoms with van der Waals surface area (Å²) in [7, 11) is 1.33. The van der Waals surface area contributed by atoms with Gasteiger partial charge in [0, 0.05) is 4.75 Å². The molecule has 2 aliphatic heterocycles. The van der Waals surface area contributed by atoms with E-state index in [1.54, 1.807) is 23.6 Å². The van der Waals surface area contributed by atoms with Gasteiger partial charge in [-0.1, -0.05) is 0 Å². The predicted molar refractivity (Wildman–Crippen MR) is 63.3 cm³/mol. The Hall–Kier alpha value is -0.750. The number of amides is 1. The maximum atomic E-state index is 11.9. The molecule has 2 heterocycles. The van der Waals surface area contributed by atoms with Gasteiger partial charge in [0.15, 0.2) is 0 Å². The van der Waals surface area contributed by atoms with E-state index in [-0.39, 0.29) is 22.0 Å². The molecule has 2 fully saturated rings. The van der Waals surface area contributed by atoms with Gasteiger partial charge in [-0.15, -0.1) is 11.8 Å². The molecule has 1 N–H and O–H groups in total. The Morgan fingerprint density at radius 2 is 2.18 bits per heavy atom. The van der Waals surface area contributed by atoms with E-state index < -0.39 is 18.1 Å². The second kappa shape index (κ2) is 3.88. The Labute approximate surface area is 104 Å². The molecular formula is C11H17NO4S. The lowest BCUT2D eigenvalue weighted by atomic mass is 9.88. The summed E-state index contributed by atoms with van der Waals surface area (Å²) in [6.45, 7) is 5.45. The molecule has 2 saturated heterocycles. The summed E-state index contributed by atoms with van der Waals surface area (Å²) in [5, 5.41) is 9.46. The normalized spacial score (nSPS) is 36.2. The number of esters is 1. The van der Waals surface area contributed by atoms with Crippen molar-refractivity contribution in [2.45, 2.75) is 43.0 Å². The Balaban J connectivity index is 2.27. The summed E-state index contributed by atoms with van der Waals surface area (Å²) >= 11 is 1.55. The number of carbonyl (C=O) groups excluding carboxylic acids is 2. The molecule has 0 bridgehead atoms. The van der Waals surface area contributed by atoms with Crippen LogP contribution in [0.1, 0.15) is 20.8 Å². The van der Waals surface area contributed by atoms with Crippen molar-refractivity contribution >= 4 is 23.6 Å². The Morgan fingerprint density at radius 1 is 1.59 bits per heavy atom. The zero-order valence-electron chi connectivity index (χ0n) is 10.3. The van der Waals surface area contributed by atoms with E-state index in [0.717, 1.165) is 0 Å². The number of nitrogens with zero attached hydrogens (tertiary/aromatic N) is 1. The highest BCUT2D eigenvalue weighted by Gasteiger charge is 2.64. The average Bonchev–Trinajstić information content (AvgIpc) is 2.45. The zero-order valence-corrected chi connectivity index (χ0v) is 11.2. The molecule has 0 aliphatic carbocycles. The fourth-order valence-electron chi connectivity index (χ4n) is 2.58. The lowest BCUT2D eigenvalue weighted by molar-refractivity contribution is -0.169. The molecular weight excluding hydrogens is 242 g/mol. The van der Waals surface area contributed by atoms with Crippen molar-refractivity contribution < 1.29 is 19.4 Å². The standard InChI is InChI=1S/C11H17NO4S/c1-5(13)6-8(14)12-7(10(15)16-4)11(2,3)17-9(6)12/h5-7,9,13H,1-4H3/t5-,6-,7+,9-/m1/s1. The van der Waals surface area contributed by atoms with Crippen molar-refractivity contribution in [1.29, 1.82) is 0 Å². The van der Waals surface area contributed by atoms with Crippen LogP contribution in [-0.4, -0.2) is 51.3 Å². The highest BCUT2D eigenvalue weighted by Crippen LogP contribution is 2.54. The summed E-state index contributed by atoms with van der Waals surface area (Å²) in [5.41, 5.74) is 0. The van der Waals surface area contributed by atoms with Crippen molar-refractivity contribution in [3.8, 4) is 0 Å². The first-order valence-corrected chi connectivity index (χ1v) is 6.45. The molecule has 1 amide bonds. The number of β-lactam (4-membered cyclic amide) rings is 1. The molecule has 2 rings (SSSR count). The molecule has 2 aliphatic rings. The van der Waals surface area contributed by atoms with E-state index in [0.29, 0.717) is 0 Å². The molecule has 0 aromatic carbocycles. The van der Waals surface area contributed by atoms with Crippen molar-refractivity contribution in [1.82, 2.24) is 4.90 Å². The van der Waals surface area contributed by atoms with Crippen LogP contribution in [0.4, 0.5) is 0 Å². The third-order valence-electron chi connectivity index (χ3n) is 3.43. The molecule has 0 saturated carbocycles. The summed E-state index contributed by atoms with van der Waals surface area (Å²) in [6, 6.07) is -0.551. The smallest absolute Gasteiger partial charge is 0.330 e. The molecule has 0 spiro atoms. The Kier molecular flexibility index (Phi) is 2.90. The van der Waals surface area contributed by atoms with Crippen LogP contribution < -0.4 is 0 Å². The Morgan fingerprint density at radius 3 is 2.65 bits per heavy atom. The number of ether oxygens (including phenoxy) is 1. The van der Waals surface area contributed by atoms with Gasteiger partial charge in [-0.25, -0.2) is 4.79 Å². The number of rotatable bonds is 2. The molecule has 4 atom stereocenters. The molecule has 0 unspecified atom stereocenters. The molecule has 6 heteroatoms. The summed E-state index contributed by atoms with van der Waals surface area (Å²) in [4.78, 5) is 25.2. The first-order valence-electron chi connectivity index (χ1n) is 5.57. The second-order valence-corrected chi connectivity index (χ2v) is 6.82. The Bertz CT molecular complexity index is 368. The van der Waals surface area contributed by atoms with Gasteiger partial charge < -0.3 is 14.7 Å². The SMILES string of the molecule is COC(=O)[C@@H]1N2C(=O)[C@@H]([C@@H](C)O)[C@H]2SC1(C)C. The lowest BCUT2D eigenvalue weighted by Gasteiger charge is -2.45. The maximum Gasteiger partial charge on any atom is 0.330 e. The molecule has 17 heavy (non-hydrogen) atoms. The first-order chi connectivity index (χ1) is 7.81. The lowest BCUT2D eigenvalue weighted by Crippen LogP contribution is -2.65. The number of aliphatic hydroxyl groups excluding tert-OH is 1. The number of aliphatic hydroxyl groups is 1. The fraction of sp³-hybridized carbons (Fsp3) is 0.818. The van der Waals surface area contributed by atoms with Crippen molar-refractivity contribution in [2.24, 2.45) is 5.92 Å². The van der Waals surface area contributed by atoms with Gasteiger partial charge in [0.05, 0.1) is 24.5 Å². The fourth-order valence-corrected chi connectivity index (χ4v) is 4.37. The number of fused-ring (bicyclic) bond motifs is 1. The second-order valence-electron chi connectivity index (χ2n) is 5.05. The van der Waals surface area contributed by atoms with Crippen LogP contribution >= 0.6 is 11.8 Å². The first kappa shape index (κ1) is 12.7. The van der Waals surface area contributed by atoms with Gasteiger partial charge in [-0.2, -0.15) is 0 Å². The average molecular weight is 259 g/mol. The highest BCUT2D eigenvalue weighted by molar-refractivity contribution is 8.01. The number of hydrogen-bond donors (Lipinski definition) is 1. The predicted octanol–water partition coefficient (Wildman–Crippen LogP) is 0.219. The minimum atomic E-state index is -0.677. The molecule has 96 valence electrons. The third kappa shape index (κ3) is 1.65. The highest BCUT2D eigenvalue weighted by atomic mass is 32.2. The van der Waals surface area contributed by atoms with Crippen molar-refractivity contribution in [3.05, 3.63) is 0 Å². The third-order valence-corrected chi connectivity index (χ3v) is 5.02. The quantitative estimate of drug-likeness (QED) is 0.567. The van der Waals surface area contributed by atoms with Crippen LogP contribution in [0.25, 0.3) is 0 Å². The van der Waals surface area contributed by atoms with Gasteiger partial charge in [0.1, 0.15) is 6.04 Å². The van der Waals surface area contributed by atoms with Gasteiger partial charge in [-0.3, -0.25) is 4.79 Å². The zero-order chi connectivity index (χ0) is 13.0. The van der Waals surface area contributed by atoms with Crippen LogP contribution in [0.3, 0.4) is 0 Å². The summed E-state index contributed by atoms with van der Waals surface area (Å²) < 4.78 is 4.38. The largest absolute Gasteiger partial charge is 0.467 e. The van der Waals surface area contributed by atoms with Crippen LogP contribution in [0.2, 0.25) is 0 Å². The van der Waals surface area contributed by atoms with E-state index in [1.807, 2.05) is 13.8 Å². The topological polar surface area (TPSA) is 66.8 Å². The molecule has 0 aromatic heterocycles. The van der Waals surface area contributed by atoms with E-state index in [9.17, 15) is 14.7 Å². The van der Waals surface area contributed by atoms with Gasteiger partial charge >= 0.3 is 5.97 Å².